The van der Waals surface area contributed by atoms with Gasteiger partial charge in [-0.05, 0) is 58.1 Å². The van der Waals surface area contributed by atoms with Gasteiger partial charge in [-0.3, -0.25) is 28.8 Å². The van der Waals surface area contributed by atoms with Gasteiger partial charge in [0.05, 0.1) is 11.0 Å². The van der Waals surface area contributed by atoms with Gasteiger partial charge >= 0.3 is 11.8 Å². The number of nitrogens with zero attached hydrogens (tertiary/aromatic N) is 4. The van der Waals surface area contributed by atoms with Crippen molar-refractivity contribution in [2.45, 2.75) is 70.9 Å². The Morgan fingerprint density at radius 3 is 2.41 bits per heavy atom. The van der Waals surface area contributed by atoms with Gasteiger partial charge in [-0.1, -0.05) is 12.1 Å². The molecule has 3 fully saturated rings. The van der Waals surface area contributed by atoms with E-state index in [4.69, 9.17) is 4.74 Å². The molecule has 1 unspecified atom stereocenters. The molecule has 0 radical (unpaired) electrons. The van der Waals surface area contributed by atoms with Gasteiger partial charge in [-0.15, -0.1) is 0 Å². The highest BCUT2D eigenvalue weighted by Gasteiger charge is 2.48. The predicted molar refractivity (Wildman–Crippen MR) is 143 cm³/mol. The van der Waals surface area contributed by atoms with Crippen LogP contribution in [0, 0.1) is 5.41 Å². The molecule has 11 heteroatoms. The van der Waals surface area contributed by atoms with Crippen LogP contribution in [-0.2, 0) is 32.6 Å². The molecular weight excluding hydrogens is 502 g/mol. The second kappa shape index (κ2) is 9.84. The number of aromatic nitrogens is 2. The molecular formula is C28H37N5O6. The van der Waals surface area contributed by atoms with Crippen LogP contribution >= 0.6 is 0 Å². The molecule has 1 aromatic heterocycles. The van der Waals surface area contributed by atoms with Crippen molar-refractivity contribution in [3.05, 3.63) is 34.2 Å². The van der Waals surface area contributed by atoms with E-state index < -0.39 is 17.6 Å². The molecule has 0 saturated carbocycles. The number of hydrogen-bond donors (Lipinski definition) is 1. The second-order valence-corrected chi connectivity index (χ2v) is 12.2. The molecule has 2 aromatic rings. The first-order chi connectivity index (χ1) is 18.4. The van der Waals surface area contributed by atoms with E-state index in [1.165, 1.54) is 9.13 Å². The van der Waals surface area contributed by atoms with Gasteiger partial charge in [0, 0.05) is 51.5 Å². The molecule has 1 spiro atoms. The number of ether oxygens (including phenoxy) is 1. The summed E-state index contributed by atoms with van der Waals surface area (Å²) in [7, 11) is 1.67. The lowest BCUT2D eigenvalue weighted by Gasteiger charge is -2.53. The van der Waals surface area contributed by atoms with Crippen LogP contribution in [0.5, 0.6) is 0 Å². The molecule has 1 aromatic carbocycles. The average molecular weight is 540 g/mol. The van der Waals surface area contributed by atoms with Crippen LogP contribution in [0.3, 0.4) is 0 Å². The average Bonchev–Trinajstić information content (AvgIpc) is 3.10. The number of nitrogens with one attached hydrogen (secondary N) is 1. The molecule has 3 saturated heterocycles. The van der Waals surface area contributed by atoms with E-state index in [0.29, 0.717) is 50.1 Å². The standard InChI is InChI=1S/C28H37N5O6/c1-27(2,3)39-26(38)32-16-28(17-32)12-14-31(15-13-28)22(35)11-8-18-6-5-7-19-23(18)30(4)25(37)33(19)20-9-10-21(34)29-24(20)36/h5-7,20H,8-17H2,1-4H3,(H,29,34,36). The second-order valence-electron chi connectivity index (χ2n) is 12.2. The summed E-state index contributed by atoms with van der Waals surface area (Å²) < 4.78 is 8.46. The lowest BCUT2D eigenvalue weighted by Crippen LogP contribution is -2.62. The quantitative estimate of drug-likeness (QED) is 0.594. The third-order valence-electron chi connectivity index (χ3n) is 8.20. The van der Waals surface area contributed by atoms with E-state index in [0.717, 1.165) is 18.4 Å². The van der Waals surface area contributed by atoms with Crippen LogP contribution < -0.4 is 11.0 Å². The number of hydrogen-bond acceptors (Lipinski definition) is 6. The summed E-state index contributed by atoms with van der Waals surface area (Å²) in [4.78, 5) is 66.3. The van der Waals surface area contributed by atoms with Gasteiger partial charge in [0.1, 0.15) is 11.6 Å². The molecule has 0 aliphatic carbocycles. The molecule has 3 aliphatic rings. The fourth-order valence-corrected chi connectivity index (χ4v) is 6.12. The Morgan fingerprint density at radius 1 is 1.08 bits per heavy atom. The van der Waals surface area contributed by atoms with Gasteiger partial charge in [0.15, 0.2) is 0 Å². The summed E-state index contributed by atoms with van der Waals surface area (Å²) >= 11 is 0. The Bertz CT molecular complexity index is 1380. The Morgan fingerprint density at radius 2 is 1.77 bits per heavy atom. The van der Waals surface area contributed by atoms with Crippen LogP contribution in [0.1, 0.15) is 64.5 Å². The Hall–Kier alpha value is -3.63. The van der Waals surface area contributed by atoms with Crippen molar-refractivity contribution < 1.29 is 23.9 Å². The number of likely N-dealkylation sites (tertiary alicyclic amines) is 2. The maximum Gasteiger partial charge on any atom is 0.410 e. The molecule has 3 aliphatic heterocycles. The van der Waals surface area contributed by atoms with Gasteiger partial charge in [0.25, 0.3) is 0 Å². The number of imide groups is 1. The largest absolute Gasteiger partial charge is 0.444 e. The summed E-state index contributed by atoms with van der Waals surface area (Å²) in [5, 5.41) is 2.33. The molecule has 0 bridgehead atoms. The zero-order valence-electron chi connectivity index (χ0n) is 23.1. The smallest absolute Gasteiger partial charge is 0.410 e. The van der Waals surface area contributed by atoms with E-state index in [-0.39, 0.29) is 41.9 Å². The van der Waals surface area contributed by atoms with Crippen LogP contribution in [0.2, 0.25) is 0 Å². The van der Waals surface area contributed by atoms with Crippen LogP contribution in [0.15, 0.2) is 23.0 Å². The van der Waals surface area contributed by atoms with E-state index in [2.05, 4.69) is 5.32 Å². The fourth-order valence-electron chi connectivity index (χ4n) is 6.12. The minimum atomic E-state index is -0.741. The SMILES string of the molecule is Cn1c(=O)n(C2CCC(=O)NC2=O)c2cccc(CCC(=O)N3CCC4(CC3)CN(C(=O)OC(C)(C)C)C4)c21. The minimum absolute atomic E-state index is 0.0660. The molecule has 4 heterocycles. The number of carbonyl (C=O) groups is 4. The summed E-state index contributed by atoms with van der Waals surface area (Å²) in [5.74, 6) is -0.727. The molecule has 5 rings (SSSR count). The van der Waals surface area contributed by atoms with Gasteiger partial charge in [0.2, 0.25) is 17.7 Å². The monoisotopic (exact) mass is 539 g/mol. The van der Waals surface area contributed by atoms with Crippen molar-refractivity contribution in [3.63, 3.8) is 0 Å². The lowest BCUT2D eigenvalue weighted by atomic mass is 9.72. The van der Waals surface area contributed by atoms with Crippen molar-refractivity contribution in [1.82, 2.24) is 24.3 Å². The van der Waals surface area contributed by atoms with E-state index >= 15 is 0 Å². The molecule has 4 amide bonds. The number of benzene rings is 1. The fraction of sp³-hybridized carbons (Fsp3) is 0.607. The van der Waals surface area contributed by atoms with E-state index in [1.807, 2.05) is 37.8 Å². The van der Waals surface area contributed by atoms with Crippen molar-refractivity contribution in [3.8, 4) is 0 Å². The Kier molecular flexibility index (Phi) is 6.80. The van der Waals surface area contributed by atoms with Gasteiger partial charge < -0.3 is 14.5 Å². The van der Waals surface area contributed by atoms with Gasteiger partial charge in [-0.25, -0.2) is 9.59 Å². The van der Waals surface area contributed by atoms with Crippen LogP contribution in [0.25, 0.3) is 11.0 Å². The number of carbonyl (C=O) groups excluding carboxylic acids is 4. The Labute approximate surface area is 227 Å². The molecule has 39 heavy (non-hydrogen) atoms. The van der Waals surface area contributed by atoms with Crippen molar-refractivity contribution in [1.29, 1.82) is 0 Å². The highest BCUT2D eigenvalue weighted by molar-refractivity contribution is 6.00. The van der Waals surface area contributed by atoms with Crippen molar-refractivity contribution in [2.75, 3.05) is 26.2 Å². The molecule has 1 atom stereocenters. The number of piperidine rings is 2. The normalized spacial score (nSPS) is 21.2. The zero-order valence-corrected chi connectivity index (χ0v) is 23.1. The topological polar surface area (TPSA) is 123 Å². The number of para-hydroxylation sites is 1. The first-order valence-corrected chi connectivity index (χ1v) is 13.7. The van der Waals surface area contributed by atoms with Crippen molar-refractivity contribution in [2.24, 2.45) is 12.5 Å². The highest BCUT2D eigenvalue weighted by atomic mass is 16.6. The number of rotatable bonds is 4. The van der Waals surface area contributed by atoms with Crippen molar-refractivity contribution >= 4 is 34.8 Å². The Balaban J connectivity index is 1.21. The van der Waals surface area contributed by atoms with E-state index in [9.17, 15) is 24.0 Å². The number of aryl methyl sites for hydroxylation is 2. The number of imidazole rings is 1. The van der Waals surface area contributed by atoms with Gasteiger partial charge in [-0.2, -0.15) is 0 Å². The van der Waals surface area contributed by atoms with E-state index in [1.54, 1.807) is 18.0 Å². The van der Waals surface area contributed by atoms with Crippen LogP contribution in [0.4, 0.5) is 4.79 Å². The number of fused-ring (bicyclic) bond motifs is 1. The molecule has 1 N–H and O–H groups in total. The summed E-state index contributed by atoms with van der Waals surface area (Å²) in [6.45, 7) is 8.25. The van der Waals surface area contributed by atoms with Crippen LogP contribution in [-0.4, -0.2) is 74.5 Å². The third kappa shape index (κ3) is 5.18. The third-order valence-corrected chi connectivity index (χ3v) is 8.20. The lowest BCUT2D eigenvalue weighted by molar-refractivity contribution is -0.137. The summed E-state index contributed by atoms with van der Waals surface area (Å²) in [6.07, 6.45) is 2.68. The maximum atomic E-state index is 13.1. The predicted octanol–water partition coefficient (Wildman–Crippen LogP) is 2.11. The number of amides is 4. The summed E-state index contributed by atoms with van der Waals surface area (Å²) in [6, 6.07) is 4.81. The zero-order chi connectivity index (χ0) is 28.1. The summed E-state index contributed by atoms with van der Waals surface area (Å²) in [5.41, 5.74) is 1.43. The molecule has 210 valence electrons. The first-order valence-electron chi connectivity index (χ1n) is 13.7. The highest BCUT2D eigenvalue weighted by Crippen LogP contribution is 2.41. The maximum absolute atomic E-state index is 13.1. The first kappa shape index (κ1) is 27.0. The minimum Gasteiger partial charge on any atom is -0.444 e. The molecule has 11 nitrogen and oxygen atoms in total.